The van der Waals surface area contributed by atoms with Crippen molar-refractivity contribution in [2.75, 3.05) is 11.5 Å². The fourth-order valence-corrected chi connectivity index (χ4v) is 4.31. The van der Waals surface area contributed by atoms with Gasteiger partial charge in [0.05, 0.1) is 22.8 Å². The molecule has 0 saturated heterocycles. The second kappa shape index (κ2) is 8.59. The lowest BCUT2D eigenvalue weighted by Gasteiger charge is -2.16. The number of thioether (sulfide) groups is 1. The maximum Gasteiger partial charge on any atom is 0.272 e. The maximum absolute atomic E-state index is 13.5. The molecule has 0 fully saturated rings. The van der Waals surface area contributed by atoms with Crippen LogP contribution in [-0.4, -0.2) is 18.4 Å². The molecule has 0 bridgehead atoms. The van der Waals surface area contributed by atoms with Crippen LogP contribution in [0, 0.1) is 6.92 Å². The molecule has 0 unspecified atom stereocenters. The molecule has 3 aromatic rings. The number of amides is 2. The van der Waals surface area contributed by atoms with Gasteiger partial charge in [-0.25, -0.2) is 4.90 Å². The average Bonchev–Trinajstić information content (AvgIpc) is 2.99. The molecule has 1 aliphatic heterocycles. The first-order valence-corrected chi connectivity index (χ1v) is 10.6. The van der Waals surface area contributed by atoms with Crippen molar-refractivity contribution in [1.29, 1.82) is 0 Å². The first kappa shape index (κ1) is 20.0. The van der Waals surface area contributed by atoms with Gasteiger partial charge in [0.15, 0.2) is 0 Å². The Morgan fingerprint density at radius 2 is 1.60 bits per heavy atom. The first-order valence-electron chi connectivity index (χ1n) is 9.74. The first-order chi connectivity index (χ1) is 14.6. The van der Waals surface area contributed by atoms with E-state index < -0.39 is 0 Å². The number of aryl methyl sites for hydroxylation is 1. The minimum Gasteiger partial charge on any atom is -0.494 e. The number of hydrogen-bond donors (Lipinski definition) is 0. The molecule has 0 N–H and O–H groups in total. The van der Waals surface area contributed by atoms with Gasteiger partial charge in [0, 0.05) is 11.0 Å². The highest BCUT2D eigenvalue weighted by Crippen LogP contribution is 2.41. The van der Waals surface area contributed by atoms with Gasteiger partial charge in [0.1, 0.15) is 5.75 Å². The zero-order valence-corrected chi connectivity index (χ0v) is 17.6. The van der Waals surface area contributed by atoms with Gasteiger partial charge >= 0.3 is 0 Å². The number of rotatable bonds is 6. The zero-order valence-electron chi connectivity index (χ0n) is 16.8. The Morgan fingerprint density at radius 1 is 0.867 bits per heavy atom. The third-order valence-electron chi connectivity index (χ3n) is 4.73. The molecule has 0 spiro atoms. The summed E-state index contributed by atoms with van der Waals surface area (Å²) in [5.74, 6) is -0.0225. The smallest absolute Gasteiger partial charge is 0.272 e. The van der Waals surface area contributed by atoms with Crippen LogP contribution in [0.3, 0.4) is 0 Å². The van der Waals surface area contributed by atoms with Crippen LogP contribution in [0.2, 0.25) is 0 Å². The number of nitrogens with zero attached hydrogens (tertiary/aromatic N) is 1. The van der Waals surface area contributed by atoms with Crippen molar-refractivity contribution < 1.29 is 14.3 Å². The van der Waals surface area contributed by atoms with Crippen molar-refractivity contribution in [3.05, 3.63) is 94.9 Å². The lowest BCUT2D eigenvalue weighted by molar-refractivity contribution is -0.119. The van der Waals surface area contributed by atoms with Gasteiger partial charge in [0.2, 0.25) is 0 Å². The van der Waals surface area contributed by atoms with Crippen LogP contribution in [0.5, 0.6) is 5.75 Å². The standard InChI is InChI=1S/C25H21NO3S/c1-3-29-20-9-7-8-19(16-20)26-24(27)22(18-14-12-17(2)13-15-18)23(25(26)28)30-21-10-5-4-6-11-21/h4-16H,3H2,1-2H3. The average molecular weight is 416 g/mol. The van der Waals surface area contributed by atoms with E-state index in [1.165, 1.54) is 16.7 Å². The van der Waals surface area contributed by atoms with E-state index in [4.69, 9.17) is 4.74 Å². The Balaban J connectivity index is 1.79. The van der Waals surface area contributed by atoms with E-state index >= 15 is 0 Å². The van der Waals surface area contributed by atoms with E-state index in [0.29, 0.717) is 28.5 Å². The van der Waals surface area contributed by atoms with Crippen LogP contribution in [0.1, 0.15) is 18.1 Å². The molecule has 2 amide bonds. The summed E-state index contributed by atoms with van der Waals surface area (Å²) < 4.78 is 5.56. The van der Waals surface area contributed by atoms with Crippen LogP contribution in [0.15, 0.2) is 88.7 Å². The number of ether oxygens (including phenoxy) is 1. The molecule has 0 atom stereocenters. The molecule has 150 valence electrons. The topological polar surface area (TPSA) is 46.6 Å². The number of benzene rings is 3. The minimum absolute atomic E-state index is 0.321. The van der Waals surface area contributed by atoms with E-state index in [1.54, 1.807) is 18.2 Å². The largest absolute Gasteiger partial charge is 0.494 e. The fraction of sp³-hybridized carbons (Fsp3) is 0.120. The third-order valence-corrected chi connectivity index (χ3v) is 5.82. The van der Waals surface area contributed by atoms with Gasteiger partial charge in [-0.3, -0.25) is 9.59 Å². The Hall–Kier alpha value is -3.31. The highest BCUT2D eigenvalue weighted by atomic mass is 32.2. The Morgan fingerprint density at radius 3 is 2.30 bits per heavy atom. The molecule has 5 heteroatoms. The van der Waals surface area contributed by atoms with Gasteiger partial charge in [-0.2, -0.15) is 0 Å². The summed E-state index contributed by atoms with van der Waals surface area (Å²) in [6, 6.07) is 24.4. The monoisotopic (exact) mass is 415 g/mol. The lowest BCUT2D eigenvalue weighted by atomic mass is 10.0. The van der Waals surface area contributed by atoms with E-state index in [9.17, 15) is 9.59 Å². The predicted molar refractivity (Wildman–Crippen MR) is 121 cm³/mol. The van der Waals surface area contributed by atoms with Gasteiger partial charge in [-0.05, 0) is 43.7 Å². The lowest BCUT2D eigenvalue weighted by Crippen LogP contribution is -2.31. The summed E-state index contributed by atoms with van der Waals surface area (Å²) in [5, 5.41) is 0. The number of anilines is 1. The van der Waals surface area contributed by atoms with Crippen molar-refractivity contribution in [1.82, 2.24) is 0 Å². The molecule has 1 aliphatic rings. The van der Waals surface area contributed by atoms with Crippen LogP contribution in [-0.2, 0) is 9.59 Å². The highest BCUT2D eigenvalue weighted by molar-refractivity contribution is 8.04. The van der Waals surface area contributed by atoms with E-state index in [-0.39, 0.29) is 11.8 Å². The molecule has 0 saturated carbocycles. The SMILES string of the molecule is CCOc1cccc(N2C(=O)C(Sc3ccccc3)=C(c3ccc(C)cc3)C2=O)c1. The third kappa shape index (κ3) is 3.89. The molecule has 4 nitrogen and oxygen atoms in total. The van der Waals surface area contributed by atoms with Gasteiger partial charge in [-0.15, -0.1) is 0 Å². The zero-order chi connectivity index (χ0) is 21.1. The Bertz CT molecular complexity index is 1120. The predicted octanol–water partition coefficient (Wildman–Crippen LogP) is 5.47. The van der Waals surface area contributed by atoms with Crippen molar-refractivity contribution in [2.24, 2.45) is 0 Å². The highest BCUT2D eigenvalue weighted by Gasteiger charge is 2.40. The van der Waals surface area contributed by atoms with Crippen molar-refractivity contribution in [3.63, 3.8) is 0 Å². The van der Waals surface area contributed by atoms with Crippen molar-refractivity contribution in [2.45, 2.75) is 18.7 Å². The maximum atomic E-state index is 13.5. The number of carbonyl (C=O) groups excluding carboxylic acids is 2. The molecule has 4 rings (SSSR count). The number of carbonyl (C=O) groups is 2. The molecule has 0 aromatic heterocycles. The number of imide groups is 1. The Labute approximate surface area is 180 Å². The minimum atomic E-state index is -0.323. The fourth-order valence-electron chi connectivity index (χ4n) is 3.30. The summed E-state index contributed by atoms with van der Waals surface area (Å²) in [6.07, 6.45) is 0. The second-order valence-corrected chi connectivity index (χ2v) is 7.95. The summed E-state index contributed by atoms with van der Waals surface area (Å²) >= 11 is 1.32. The quantitative estimate of drug-likeness (QED) is 0.501. The van der Waals surface area contributed by atoms with Crippen LogP contribution >= 0.6 is 11.8 Å². The van der Waals surface area contributed by atoms with E-state index in [0.717, 1.165) is 16.0 Å². The summed E-state index contributed by atoms with van der Waals surface area (Å²) in [4.78, 5) is 29.5. The normalized spacial score (nSPS) is 13.9. The van der Waals surface area contributed by atoms with E-state index in [2.05, 4.69) is 0 Å². The molecule has 0 aliphatic carbocycles. The molecule has 1 heterocycles. The summed E-state index contributed by atoms with van der Waals surface area (Å²) in [5.41, 5.74) is 2.76. The second-order valence-electron chi connectivity index (χ2n) is 6.86. The van der Waals surface area contributed by atoms with Crippen molar-refractivity contribution in [3.8, 4) is 5.75 Å². The van der Waals surface area contributed by atoms with Gasteiger partial charge in [0.25, 0.3) is 11.8 Å². The number of hydrogen-bond acceptors (Lipinski definition) is 4. The summed E-state index contributed by atoms with van der Waals surface area (Å²) in [6.45, 7) is 4.39. The summed E-state index contributed by atoms with van der Waals surface area (Å²) in [7, 11) is 0. The molecule has 0 radical (unpaired) electrons. The Kier molecular flexibility index (Phi) is 5.72. The van der Waals surface area contributed by atoms with Crippen molar-refractivity contribution >= 4 is 34.8 Å². The molecule has 30 heavy (non-hydrogen) atoms. The van der Waals surface area contributed by atoms with E-state index in [1.807, 2.05) is 74.5 Å². The van der Waals surface area contributed by atoms with Crippen LogP contribution in [0.4, 0.5) is 5.69 Å². The molecular formula is C25H21NO3S. The van der Waals surface area contributed by atoms with Gasteiger partial charge in [-0.1, -0.05) is 65.9 Å². The van der Waals surface area contributed by atoms with Gasteiger partial charge < -0.3 is 4.74 Å². The molecule has 3 aromatic carbocycles. The molecular weight excluding hydrogens is 394 g/mol. The van der Waals surface area contributed by atoms with Crippen LogP contribution in [0.25, 0.3) is 5.57 Å². The van der Waals surface area contributed by atoms with Crippen LogP contribution < -0.4 is 9.64 Å².